The molecule has 1 aliphatic heterocycles. The van der Waals surface area contributed by atoms with Gasteiger partial charge in [0.2, 0.25) is 5.91 Å². The molecule has 2 aromatic carbocycles. The van der Waals surface area contributed by atoms with E-state index in [9.17, 15) is 17.6 Å². The van der Waals surface area contributed by atoms with E-state index in [4.69, 9.17) is 16.3 Å². The molecule has 2 heterocycles. The Hall–Kier alpha value is -2.56. The minimum Gasteiger partial charge on any atom is -0.373 e. The van der Waals surface area contributed by atoms with E-state index < -0.39 is 27.6 Å². The van der Waals surface area contributed by atoms with Crippen molar-refractivity contribution in [3.05, 3.63) is 46.5 Å². The first kappa shape index (κ1) is 24.6. The van der Waals surface area contributed by atoms with Crippen LogP contribution in [-0.2, 0) is 25.9 Å². The molecule has 1 amide bonds. The number of aromatic nitrogens is 2. The molecule has 1 aromatic heterocycles. The summed E-state index contributed by atoms with van der Waals surface area (Å²) in [5.41, 5.74) is 1.11. The molecule has 0 saturated carbocycles. The number of carbonyl (C=O) groups is 1. The molecule has 0 spiro atoms. The van der Waals surface area contributed by atoms with Crippen molar-refractivity contribution >= 4 is 38.4 Å². The summed E-state index contributed by atoms with van der Waals surface area (Å²) in [6, 6.07) is 4.93. The average molecular weight is 512 g/mol. The van der Waals surface area contributed by atoms with Gasteiger partial charge in [-0.25, -0.2) is 22.2 Å². The van der Waals surface area contributed by atoms with Gasteiger partial charge < -0.3 is 14.2 Å². The van der Waals surface area contributed by atoms with E-state index >= 15 is 4.39 Å². The molecule has 7 nitrogen and oxygen atoms in total. The Bertz CT molecular complexity index is 1370. The maximum Gasteiger partial charge on any atom is 0.222 e. The van der Waals surface area contributed by atoms with Gasteiger partial charge in [0, 0.05) is 31.8 Å². The molecule has 0 unspecified atom stereocenters. The lowest BCUT2D eigenvalue weighted by molar-refractivity contribution is -0.138. The standard InChI is InChI=1S/C23H24ClF2N3O4S/c1-4-21(30)28-5-6-33-14(11-28)12-29-20-10-17(25)13(2)7-19(20)27-23(29)22-16(24)8-15(9-18(22)26)34(3,31)32/h7-10,14H,4-6,11-12H2,1-3H3/t14-/m1/s1. The second kappa shape index (κ2) is 9.24. The first-order valence-corrected chi connectivity index (χ1v) is 13.0. The summed E-state index contributed by atoms with van der Waals surface area (Å²) in [7, 11) is -3.69. The lowest BCUT2D eigenvalue weighted by Gasteiger charge is -2.33. The summed E-state index contributed by atoms with van der Waals surface area (Å²) < 4.78 is 61.0. The Morgan fingerprint density at radius 3 is 2.62 bits per heavy atom. The van der Waals surface area contributed by atoms with Crippen LogP contribution in [0.15, 0.2) is 29.2 Å². The third kappa shape index (κ3) is 4.67. The second-order valence-corrected chi connectivity index (χ2v) is 10.8. The summed E-state index contributed by atoms with van der Waals surface area (Å²) in [6.07, 6.45) is 0.883. The predicted molar refractivity (Wildman–Crippen MR) is 125 cm³/mol. The molecule has 11 heteroatoms. The molecule has 0 bridgehead atoms. The van der Waals surface area contributed by atoms with Gasteiger partial charge in [-0.05, 0) is 30.7 Å². The Labute approximate surface area is 201 Å². The third-order valence-electron chi connectivity index (χ3n) is 5.88. The molecule has 1 saturated heterocycles. The number of benzene rings is 2. The summed E-state index contributed by atoms with van der Waals surface area (Å²) in [4.78, 5) is 18.1. The van der Waals surface area contributed by atoms with Crippen LogP contribution in [0.3, 0.4) is 0 Å². The van der Waals surface area contributed by atoms with E-state index in [1.807, 2.05) is 0 Å². The largest absolute Gasteiger partial charge is 0.373 e. The van der Waals surface area contributed by atoms with Crippen LogP contribution >= 0.6 is 11.6 Å². The van der Waals surface area contributed by atoms with Crippen molar-refractivity contribution in [3.63, 3.8) is 0 Å². The SMILES string of the molecule is CCC(=O)N1CCO[C@@H](Cn2c(-c3c(F)cc(S(C)(=O)=O)cc3Cl)nc3cc(C)c(F)cc32)C1. The Morgan fingerprint density at radius 2 is 1.97 bits per heavy atom. The fraction of sp³-hybridized carbons (Fsp3) is 0.391. The maximum atomic E-state index is 15.2. The number of rotatable bonds is 5. The molecular formula is C23H24ClF2N3O4S. The Kier molecular flexibility index (Phi) is 6.67. The van der Waals surface area contributed by atoms with Crippen molar-refractivity contribution in [2.75, 3.05) is 26.0 Å². The third-order valence-corrected chi connectivity index (χ3v) is 7.27. The fourth-order valence-electron chi connectivity index (χ4n) is 4.09. The maximum absolute atomic E-state index is 15.2. The molecule has 0 N–H and O–H groups in total. The number of carbonyl (C=O) groups excluding carboxylic acids is 1. The Balaban J connectivity index is 1.85. The second-order valence-electron chi connectivity index (χ2n) is 8.36. The lowest BCUT2D eigenvalue weighted by atomic mass is 10.1. The van der Waals surface area contributed by atoms with Crippen molar-refractivity contribution in [1.82, 2.24) is 14.5 Å². The van der Waals surface area contributed by atoms with E-state index in [2.05, 4.69) is 4.98 Å². The highest BCUT2D eigenvalue weighted by Gasteiger charge is 2.28. The van der Waals surface area contributed by atoms with Crippen LogP contribution in [0.4, 0.5) is 8.78 Å². The average Bonchev–Trinajstić information content (AvgIpc) is 3.09. The molecular weight excluding hydrogens is 488 g/mol. The van der Waals surface area contributed by atoms with Crippen molar-refractivity contribution in [1.29, 1.82) is 0 Å². The molecule has 182 valence electrons. The van der Waals surface area contributed by atoms with E-state index in [1.165, 1.54) is 12.1 Å². The van der Waals surface area contributed by atoms with Gasteiger partial charge in [0.25, 0.3) is 0 Å². The number of morpholine rings is 1. The van der Waals surface area contributed by atoms with Gasteiger partial charge >= 0.3 is 0 Å². The van der Waals surface area contributed by atoms with Crippen LogP contribution < -0.4 is 0 Å². The van der Waals surface area contributed by atoms with Gasteiger partial charge in [-0.2, -0.15) is 0 Å². The summed E-state index contributed by atoms with van der Waals surface area (Å²) in [5, 5.41) is -0.137. The highest BCUT2D eigenvalue weighted by atomic mass is 35.5. The first-order valence-electron chi connectivity index (χ1n) is 10.7. The normalized spacial score (nSPS) is 16.9. The number of hydrogen-bond acceptors (Lipinski definition) is 5. The van der Waals surface area contributed by atoms with Crippen LogP contribution in [0.2, 0.25) is 5.02 Å². The molecule has 1 fully saturated rings. The highest BCUT2D eigenvalue weighted by molar-refractivity contribution is 7.90. The van der Waals surface area contributed by atoms with Crippen molar-refractivity contribution < 1.29 is 26.7 Å². The summed E-state index contributed by atoms with van der Waals surface area (Å²) in [6.45, 7) is 4.67. The van der Waals surface area contributed by atoms with Gasteiger partial charge in [-0.15, -0.1) is 0 Å². The van der Waals surface area contributed by atoms with Gasteiger partial charge in [-0.1, -0.05) is 18.5 Å². The number of fused-ring (bicyclic) bond motifs is 1. The zero-order chi connectivity index (χ0) is 24.8. The van der Waals surface area contributed by atoms with Gasteiger partial charge in [0.05, 0.1) is 45.8 Å². The molecule has 1 atom stereocenters. The number of amides is 1. The zero-order valence-electron chi connectivity index (χ0n) is 18.9. The number of halogens is 3. The van der Waals surface area contributed by atoms with Crippen LogP contribution in [-0.4, -0.2) is 60.8 Å². The van der Waals surface area contributed by atoms with E-state index in [-0.39, 0.29) is 33.8 Å². The van der Waals surface area contributed by atoms with E-state index in [0.29, 0.717) is 42.7 Å². The van der Waals surface area contributed by atoms with E-state index in [1.54, 1.807) is 29.4 Å². The summed E-state index contributed by atoms with van der Waals surface area (Å²) >= 11 is 6.35. The monoisotopic (exact) mass is 511 g/mol. The Morgan fingerprint density at radius 1 is 1.24 bits per heavy atom. The van der Waals surface area contributed by atoms with Crippen LogP contribution in [0.5, 0.6) is 0 Å². The molecule has 4 rings (SSSR count). The number of nitrogens with zero attached hydrogens (tertiary/aromatic N) is 3. The van der Waals surface area contributed by atoms with E-state index in [0.717, 1.165) is 12.3 Å². The number of aryl methyl sites for hydroxylation is 1. The van der Waals surface area contributed by atoms with Gasteiger partial charge in [0.15, 0.2) is 9.84 Å². The summed E-state index contributed by atoms with van der Waals surface area (Å²) in [5.74, 6) is -1.21. The quantitative estimate of drug-likeness (QED) is 0.517. The molecule has 1 aliphatic rings. The highest BCUT2D eigenvalue weighted by Crippen LogP contribution is 2.35. The number of imidazole rings is 1. The van der Waals surface area contributed by atoms with Crippen LogP contribution in [0, 0.1) is 18.6 Å². The predicted octanol–water partition coefficient (Wildman–Crippen LogP) is 3.98. The van der Waals surface area contributed by atoms with Gasteiger partial charge in [0.1, 0.15) is 17.5 Å². The minimum atomic E-state index is -3.69. The van der Waals surface area contributed by atoms with Crippen molar-refractivity contribution in [2.45, 2.75) is 37.8 Å². The van der Waals surface area contributed by atoms with Crippen molar-refractivity contribution in [3.8, 4) is 11.4 Å². The molecule has 0 aliphatic carbocycles. The fourth-order valence-corrected chi connectivity index (χ4v) is 5.09. The first-order chi connectivity index (χ1) is 16.0. The number of sulfone groups is 1. The van der Waals surface area contributed by atoms with Gasteiger partial charge in [-0.3, -0.25) is 4.79 Å². The molecule has 34 heavy (non-hydrogen) atoms. The molecule has 0 radical (unpaired) electrons. The molecule has 3 aromatic rings. The number of ether oxygens (including phenoxy) is 1. The van der Waals surface area contributed by atoms with Crippen LogP contribution in [0.1, 0.15) is 18.9 Å². The smallest absolute Gasteiger partial charge is 0.222 e. The number of hydrogen-bond donors (Lipinski definition) is 0. The van der Waals surface area contributed by atoms with Crippen molar-refractivity contribution in [2.24, 2.45) is 0 Å². The van der Waals surface area contributed by atoms with Crippen LogP contribution in [0.25, 0.3) is 22.4 Å². The zero-order valence-corrected chi connectivity index (χ0v) is 20.5. The lowest BCUT2D eigenvalue weighted by Crippen LogP contribution is -2.46. The topological polar surface area (TPSA) is 81.5 Å². The minimum absolute atomic E-state index is 0.00358.